The van der Waals surface area contributed by atoms with Gasteiger partial charge in [-0.25, -0.2) is 9.78 Å². The number of hydrogen-bond donors (Lipinski definition) is 1. The molecule has 1 aromatic heterocycles. The zero-order valence-electron chi connectivity index (χ0n) is 7.85. The van der Waals surface area contributed by atoms with Gasteiger partial charge in [0.05, 0.1) is 11.6 Å². The molecule has 76 valence electrons. The number of rotatable bonds is 3. The van der Waals surface area contributed by atoms with Crippen molar-refractivity contribution in [2.45, 2.75) is 13.8 Å². The van der Waals surface area contributed by atoms with Crippen LogP contribution in [0.2, 0.25) is 0 Å². The lowest BCUT2D eigenvalue weighted by molar-refractivity contribution is -0.135. The minimum Gasteiger partial charge on any atom is -0.461 e. The summed E-state index contributed by atoms with van der Waals surface area (Å²) in [4.78, 5) is 15.2. The average Bonchev–Trinajstić information content (AvgIpc) is 2.54. The van der Waals surface area contributed by atoms with E-state index in [9.17, 15) is 4.79 Å². The lowest BCUT2D eigenvalue weighted by Gasteiger charge is -2.00. The van der Waals surface area contributed by atoms with Crippen molar-refractivity contribution in [3.05, 3.63) is 16.1 Å². The average molecular weight is 214 g/mol. The van der Waals surface area contributed by atoms with Gasteiger partial charge in [0.25, 0.3) is 0 Å². The fourth-order valence-corrected chi connectivity index (χ4v) is 1.47. The molecule has 0 spiro atoms. The van der Waals surface area contributed by atoms with Crippen LogP contribution in [0.1, 0.15) is 17.6 Å². The van der Waals surface area contributed by atoms with Gasteiger partial charge in [0, 0.05) is 5.38 Å². The maximum atomic E-state index is 11.2. The minimum absolute atomic E-state index is 0.156. The molecule has 14 heavy (non-hydrogen) atoms. The minimum atomic E-state index is -0.666. The number of hydrogen-bond acceptors (Lipinski definition) is 6. The van der Waals surface area contributed by atoms with Crippen molar-refractivity contribution in [3.8, 4) is 0 Å². The maximum Gasteiger partial charge on any atom is 0.362 e. The van der Waals surface area contributed by atoms with Gasteiger partial charge in [0.15, 0.2) is 0 Å². The van der Waals surface area contributed by atoms with Crippen molar-refractivity contribution in [3.63, 3.8) is 0 Å². The summed E-state index contributed by atoms with van der Waals surface area (Å²) in [5.41, 5.74) is 0.185. The van der Waals surface area contributed by atoms with E-state index in [0.29, 0.717) is 5.69 Å². The van der Waals surface area contributed by atoms with Crippen LogP contribution in [0.5, 0.6) is 0 Å². The van der Waals surface area contributed by atoms with Crippen molar-refractivity contribution in [1.82, 2.24) is 4.98 Å². The lowest BCUT2D eigenvalue weighted by atomic mass is 10.3. The van der Waals surface area contributed by atoms with Crippen LogP contribution in [0.25, 0.3) is 0 Å². The van der Waals surface area contributed by atoms with E-state index >= 15 is 0 Å². The first kappa shape index (κ1) is 10.6. The number of carbonyl (C=O) groups is 1. The monoisotopic (exact) mass is 214 g/mol. The number of thiazole rings is 1. The van der Waals surface area contributed by atoms with Crippen molar-refractivity contribution < 1.29 is 14.7 Å². The normalized spacial score (nSPS) is 11.4. The summed E-state index contributed by atoms with van der Waals surface area (Å²) in [6.07, 6.45) is 0. The molecule has 6 heteroatoms. The van der Waals surface area contributed by atoms with Gasteiger partial charge in [-0.15, -0.1) is 11.3 Å². The Morgan fingerprint density at radius 2 is 2.50 bits per heavy atom. The summed E-state index contributed by atoms with van der Waals surface area (Å²) in [5.74, 6) is -0.666. The van der Waals surface area contributed by atoms with Crippen LogP contribution in [0, 0.1) is 6.92 Å². The molecule has 0 aliphatic rings. The number of nitrogens with zero attached hydrogens (tertiary/aromatic N) is 2. The van der Waals surface area contributed by atoms with Crippen LogP contribution >= 0.6 is 11.3 Å². The summed E-state index contributed by atoms with van der Waals surface area (Å²) in [7, 11) is 0. The Kier molecular flexibility index (Phi) is 3.58. The summed E-state index contributed by atoms with van der Waals surface area (Å²) in [5, 5.41) is 14.0. The molecule has 0 bridgehead atoms. The smallest absolute Gasteiger partial charge is 0.362 e. The Hall–Kier alpha value is -1.43. The number of esters is 1. The fourth-order valence-electron chi connectivity index (χ4n) is 0.868. The highest BCUT2D eigenvalue weighted by Gasteiger charge is 2.18. The Labute approximate surface area is 85.0 Å². The van der Waals surface area contributed by atoms with Gasteiger partial charge in [-0.3, -0.25) is 0 Å². The first-order chi connectivity index (χ1) is 6.69. The number of oxime groups is 1. The van der Waals surface area contributed by atoms with E-state index in [0.717, 1.165) is 5.01 Å². The van der Waals surface area contributed by atoms with Crippen LogP contribution in [0.15, 0.2) is 10.5 Å². The van der Waals surface area contributed by atoms with Crippen molar-refractivity contribution in [1.29, 1.82) is 0 Å². The van der Waals surface area contributed by atoms with Crippen LogP contribution in [0.3, 0.4) is 0 Å². The van der Waals surface area contributed by atoms with Crippen molar-refractivity contribution >= 4 is 23.0 Å². The molecule has 0 radical (unpaired) electrons. The highest BCUT2D eigenvalue weighted by atomic mass is 32.1. The molecule has 1 N–H and O–H groups in total. The number of aromatic nitrogens is 1. The van der Waals surface area contributed by atoms with Gasteiger partial charge in [0.2, 0.25) is 5.71 Å². The zero-order valence-corrected chi connectivity index (χ0v) is 8.67. The molecule has 0 aliphatic heterocycles. The molecule has 0 saturated carbocycles. The van der Waals surface area contributed by atoms with Crippen molar-refractivity contribution in [2.24, 2.45) is 5.16 Å². The topological polar surface area (TPSA) is 71.8 Å². The first-order valence-electron chi connectivity index (χ1n) is 4.00. The molecule has 1 aromatic rings. The lowest BCUT2D eigenvalue weighted by Crippen LogP contribution is -2.19. The molecule has 1 heterocycles. The second-order valence-corrected chi connectivity index (χ2v) is 3.48. The predicted octanol–water partition coefficient (Wildman–Crippen LogP) is 1.19. The van der Waals surface area contributed by atoms with Gasteiger partial charge in [-0.1, -0.05) is 5.16 Å². The van der Waals surface area contributed by atoms with E-state index in [1.54, 1.807) is 19.2 Å². The molecular weight excluding hydrogens is 204 g/mol. The highest BCUT2D eigenvalue weighted by molar-refractivity contribution is 7.09. The quantitative estimate of drug-likeness (QED) is 0.355. The van der Waals surface area contributed by atoms with Crippen LogP contribution in [-0.2, 0) is 9.53 Å². The molecule has 0 unspecified atom stereocenters. The Morgan fingerprint density at radius 3 is 2.93 bits per heavy atom. The summed E-state index contributed by atoms with van der Waals surface area (Å²) in [6, 6.07) is 0. The summed E-state index contributed by atoms with van der Waals surface area (Å²) < 4.78 is 4.69. The van der Waals surface area contributed by atoms with E-state index in [4.69, 9.17) is 9.94 Å². The zero-order chi connectivity index (χ0) is 10.6. The van der Waals surface area contributed by atoms with Gasteiger partial charge >= 0.3 is 5.97 Å². The fraction of sp³-hybridized carbons (Fsp3) is 0.375. The van der Waals surface area contributed by atoms with Gasteiger partial charge in [-0.05, 0) is 13.8 Å². The van der Waals surface area contributed by atoms with Crippen LogP contribution in [-0.4, -0.2) is 28.5 Å². The molecule has 5 nitrogen and oxygen atoms in total. The molecule has 0 atom stereocenters. The SMILES string of the molecule is CCOC(=O)C(=NO)c1csc(C)n1. The number of ether oxygens (including phenoxy) is 1. The third-order valence-corrected chi connectivity index (χ3v) is 2.20. The van der Waals surface area contributed by atoms with Crippen molar-refractivity contribution in [2.75, 3.05) is 6.61 Å². The molecule has 0 fully saturated rings. The maximum absolute atomic E-state index is 11.2. The van der Waals surface area contributed by atoms with E-state index in [2.05, 4.69) is 10.1 Å². The third kappa shape index (κ3) is 2.29. The molecular formula is C8H10N2O3S. The first-order valence-corrected chi connectivity index (χ1v) is 4.88. The second kappa shape index (κ2) is 4.71. The molecule has 1 rings (SSSR count). The molecule has 0 amide bonds. The molecule has 0 aliphatic carbocycles. The van der Waals surface area contributed by atoms with Gasteiger partial charge in [0.1, 0.15) is 5.69 Å². The van der Waals surface area contributed by atoms with E-state index in [1.807, 2.05) is 0 Å². The largest absolute Gasteiger partial charge is 0.461 e. The van der Waals surface area contributed by atoms with Gasteiger partial charge < -0.3 is 9.94 Å². The Morgan fingerprint density at radius 1 is 1.79 bits per heavy atom. The third-order valence-electron chi connectivity index (χ3n) is 1.43. The van der Waals surface area contributed by atoms with E-state index in [-0.39, 0.29) is 12.3 Å². The van der Waals surface area contributed by atoms with Gasteiger partial charge in [-0.2, -0.15) is 0 Å². The van der Waals surface area contributed by atoms with E-state index in [1.165, 1.54) is 11.3 Å². The molecule has 0 aromatic carbocycles. The van der Waals surface area contributed by atoms with E-state index < -0.39 is 5.97 Å². The van der Waals surface area contributed by atoms with Crippen LogP contribution in [0.4, 0.5) is 0 Å². The number of carbonyl (C=O) groups excluding carboxylic acids is 1. The summed E-state index contributed by atoms with van der Waals surface area (Å²) >= 11 is 1.37. The van der Waals surface area contributed by atoms with Crippen LogP contribution < -0.4 is 0 Å². The molecule has 0 saturated heterocycles. The predicted molar refractivity (Wildman–Crippen MR) is 51.8 cm³/mol. The highest BCUT2D eigenvalue weighted by Crippen LogP contribution is 2.09. The summed E-state index contributed by atoms with van der Waals surface area (Å²) in [6.45, 7) is 3.72. The standard InChI is InChI=1S/C8H10N2O3S/c1-3-13-8(11)7(10-12)6-4-14-5(2)9-6/h4,12H,3H2,1-2H3. The second-order valence-electron chi connectivity index (χ2n) is 2.42. The number of aryl methyl sites for hydroxylation is 1. The Bertz CT molecular complexity index is 359. The Balaban J connectivity index is 2.88.